The van der Waals surface area contributed by atoms with Crippen LogP contribution in [-0.2, 0) is 6.42 Å². The predicted octanol–water partition coefficient (Wildman–Crippen LogP) is 3.49. The third-order valence-corrected chi connectivity index (χ3v) is 4.63. The first kappa shape index (κ1) is 13.5. The first-order valence-electron chi connectivity index (χ1n) is 6.23. The van der Waals surface area contributed by atoms with E-state index >= 15 is 0 Å². The number of carbonyl (C=O) groups excluding carboxylic acids is 1. The van der Waals surface area contributed by atoms with Crippen molar-refractivity contribution in [1.29, 1.82) is 0 Å². The summed E-state index contributed by atoms with van der Waals surface area (Å²) in [6.45, 7) is 2.45. The molecule has 0 saturated carbocycles. The van der Waals surface area contributed by atoms with Gasteiger partial charge in [0.05, 0.1) is 21.6 Å². The second-order valence-corrected chi connectivity index (χ2v) is 5.62. The Morgan fingerprint density at radius 2 is 2.25 bits per heavy atom. The highest BCUT2D eigenvalue weighted by Crippen LogP contribution is 2.39. The van der Waals surface area contributed by atoms with Crippen molar-refractivity contribution in [3.05, 3.63) is 33.4 Å². The lowest BCUT2D eigenvalue weighted by Crippen LogP contribution is -2.43. The molecule has 3 N–H and O–H groups in total. The number of hydrogen-bond acceptors (Lipinski definition) is 2. The number of urea groups is 1. The molecular weight excluding hydrogens is 301 g/mol. The van der Waals surface area contributed by atoms with Gasteiger partial charge in [-0.3, -0.25) is 5.21 Å². The predicted molar refractivity (Wildman–Crippen MR) is 77.5 cm³/mol. The minimum atomic E-state index is -0.502. The number of fused-ring (bicyclic) bond motifs is 3. The van der Waals surface area contributed by atoms with Crippen LogP contribution in [0, 0.1) is 0 Å². The first-order valence-corrected chi connectivity index (χ1v) is 6.99. The minimum absolute atomic E-state index is 0.156. The summed E-state index contributed by atoms with van der Waals surface area (Å²) in [7, 11) is 0. The molecule has 0 radical (unpaired) electrons. The van der Waals surface area contributed by atoms with Gasteiger partial charge in [0, 0.05) is 29.6 Å². The van der Waals surface area contributed by atoms with Crippen LogP contribution in [0.2, 0.25) is 10.0 Å². The van der Waals surface area contributed by atoms with Crippen LogP contribution in [0.3, 0.4) is 0 Å². The van der Waals surface area contributed by atoms with E-state index in [9.17, 15) is 4.79 Å². The summed E-state index contributed by atoms with van der Waals surface area (Å²) in [5, 5.41) is 10.8. The molecule has 0 aliphatic carbocycles. The molecule has 2 amide bonds. The zero-order valence-corrected chi connectivity index (χ0v) is 12.2. The lowest BCUT2D eigenvalue weighted by molar-refractivity contribution is 0.115. The SMILES string of the molecule is CC1c2c([nH]c3c(Cl)c(Cl)ccc23)CCN1C(=O)NO. The van der Waals surface area contributed by atoms with E-state index in [2.05, 4.69) is 4.98 Å². The summed E-state index contributed by atoms with van der Waals surface area (Å²) in [6, 6.07) is 2.99. The lowest BCUT2D eigenvalue weighted by Gasteiger charge is -2.33. The molecule has 7 heteroatoms. The van der Waals surface area contributed by atoms with Crippen LogP contribution in [0.25, 0.3) is 10.9 Å². The van der Waals surface area contributed by atoms with Gasteiger partial charge in [-0.15, -0.1) is 0 Å². The molecule has 0 saturated heterocycles. The number of halogens is 2. The van der Waals surface area contributed by atoms with Gasteiger partial charge in [-0.2, -0.15) is 0 Å². The van der Waals surface area contributed by atoms with Gasteiger partial charge < -0.3 is 9.88 Å². The molecule has 106 valence electrons. The Morgan fingerprint density at radius 3 is 2.95 bits per heavy atom. The average molecular weight is 314 g/mol. The van der Waals surface area contributed by atoms with Crippen LogP contribution in [0.15, 0.2) is 12.1 Å². The van der Waals surface area contributed by atoms with Crippen molar-refractivity contribution < 1.29 is 10.0 Å². The summed E-state index contributed by atoms with van der Waals surface area (Å²) in [5.74, 6) is 0. The minimum Gasteiger partial charge on any atom is -0.357 e. The number of nitrogens with one attached hydrogen (secondary N) is 2. The molecule has 2 heterocycles. The second kappa shape index (κ2) is 4.84. The number of hydroxylamine groups is 1. The van der Waals surface area contributed by atoms with Crippen molar-refractivity contribution in [1.82, 2.24) is 15.4 Å². The van der Waals surface area contributed by atoms with Gasteiger partial charge >= 0.3 is 6.03 Å². The van der Waals surface area contributed by atoms with E-state index in [4.69, 9.17) is 28.4 Å². The summed E-state index contributed by atoms with van der Waals surface area (Å²) in [6.07, 6.45) is 0.676. The van der Waals surface area contributed by atoms with Gasteiger partial charge in [-0.05, 0) is 13.0 Å². The maximum Gasteiger partial charge on any atom is 0.341 e. The maximum atomic E-state index is 11.7. The molecule has 1 unspecified atom stereocenters. The summed E-state index contributed by atoms with van der Waals surface area (Å²) in [5.41, 5.74) is 4.56. The number of nitrogens with zero attached hydrogens (tertiary/aromatic N) is 1. The molecule has 1 atom stereocenters. The third kappa shape index (κ3) is 1.85. The standard InChI is InChI=1S/C13H13Cl2N3O2/c1-6-10-7-2-3-8(14)11(15)12(7)16-9(10)4-5-18(6)13(19)17-20/h2-3,6,16,20H,4-5H2,1H3,(H,17,19). The number of aromatic amines is 1. The van der Waals surface area contributed by atoms with Crippen LogP contribution in [0.1, 0.15) is 24.2 Å². The van der Waals surface area contributed by atoms with Crippen molar-refractivity contribution in [3.63, 3.8) is 0 Å². The normalized spacial score (nSPS) is 18.2. The highest BCUT2D eigenvalue weighted by Gasteiger charge is 2.31. The Kier molecular flexibility index (Phi) is 3.28. The molecule has 1 aromatic carbocycles. The molecule has 1 aliphatic heterocycles. The second-order valence-electron chi connectivity index (χ2n) is 4.84. The highest BCUT2D eigenvalue weighted by molar-refractivity contribution is 6.45. The van der Waals surface area contributed by atoms with Gasteiger partial charge in [0.25, 0.3) is 0 Å². The molecule has 0 fully saturated rings. The molecular formula is C13H13Cl2N3O2. The quantitative estimate of drug-likeness (QED) is 0.514. The maximum absolute atomic E-state index is 11.7. The van der Waals surface area contributed by atoms with E-state index in [-0.39, 0.29) is 6.04 Å². The van der Waals surface area contributed by atoms with E-state index in [1.54, 1.807) is 16.4 Å². The summed E-state index contributed by atoms with van der Waals surface area (Å²) >= 11 is 12.3. The van der Waals surface area contributed by atoms with Crippen molar-refractivity contribution >= 4 is 40.1 Å². The van der Waals surface area contributed by atoms with E-state index < -0.39 is 6.03 Å². The van der Waals surface area contributed by atoms with Crippen LogP contribution >= 0.6 is 23.2 Å². The zero-order valence-electron chi connectivity index (χ0n) is 10.7. The first-order chi connectivity index (χ1) is 9.54. The molecule has 1 aliphatic rings. The Bertz CT molecular complexity index is 698. The smallest absolute Gasteiger partial charge is 0.341 e. The van der Waals surface area contributed by atoms with Gasteiger partial charge in [-0.1, -0.05) is 29.3 Å². The molecule has 20 heavy (non-hydrogen) atoms. The summed E-state index contributed by atoms with van der Waals surface area (Å²) < 4.78 is 0. The number of H-pyrrole nitrogens is 1. The number of rotatable bonds is 0. The average Bonchev–Trinajstić information content (AvgIpc) is 2.83. The molecule has 3 rings (SSSR count). The number of aromatic nitrogens is 1. The molecule has 2 aromatic rings. The van der Waals surface area contributed by atoms with Crippen molar-refractivity contribution in [2.45, 2.75) is 19.4 Å². The fraction of sp³-hybridized carbons (Fsp3) is 0.308. The number of benzene rings is 1. The Balaban J connectivity index is 2.17. The van der Waals surface area contributed by atoms with Crippen LogP contribution in [0.4, 0.5) is 4.79 Å². The Morgan fingerprint density at radius 1 is 1.50 bits per heavy atom. The monoisotopic (exact) mass is 313 g/mol. The van der Waals surface area contributed by atoms with Crippen LogP contribution in [0.5, 0.6) is 0 Å². The Labute approximate surface area is 125 Å². The van der Waals surface area contributed by atoms with Crippen molar-refractivity contribution in [3.8, 4) is 0 Å². The number of carbonyl (C=O) groups is 1. The van der Waals surface area contributed by atoms with E-state index in [0.29, 0.717) is 23.0 Å². The molecule has 1 aromatic heterocycles. The van der Waals surface area contributed by atoms with Crippen molar-refractivity contribution in [2.24, 2.45) is 0 Å². The third-order valence-electron chi connectivity index (χ3n) is 3.83. The molecule has 0 spiro atoms. The lowest BCUT2D eigenvalue weighted by atomic mass is 9.97. The topological polar surface area (TPSA) is 68.4 Å². The van der Waals surface area contributed by atoms with E-state index in [1.807, 2.05) is 13.0 Å². The van der Waals surface area contributed by atoms with Gasteiger partial charge in [0.1, 0.15) is 0 Å². The van der Waals surface area contributed by atoms with Crippen LogP contribution < -0.4 is 5.48 Å². The van der Waals surface area contributed by atoms with E-state index in [1.165, 1.54) is 0 Å². The summed E-state index contributed by atoms with van der Waals surface area (Å²) in [4.78, 5) is 16.6. The zero-order chi connectivity index (χ0) is 14.4. The fourth-order valence-electron chi connectivity index (χ4n) is 2.88. The largest absolute Gasteiger partial charge is 0.357 e. The van der Waals surface area contributed by atoms with Gasteiger partial charge in [0.2, 0.25) is 0 Å². The van der Waals surface area contributed by atoms with Gasteiger partial charge in [-0.25, -0.2) is 10.3 Å². The van der Waals surface area contributed by atoms with Crippen LogP contribution in [-0.4, -0.2) is 27.7 Å². The Hall–Kier alpha value is -1.43. The molecule has 0 bridgehead atoms. The van der Waals surface area contributed by atoms with E-state index in [0.717, 1.165) is 22.2 Å². The van der Waals surface area contributed by atoms with Crippen molar-refractivity contribution in [2.75, 3.05) is 6.54 Å². The molecule has 5 nitrogen and oxygen atoms in total. The number of hydrogen-bond donors (Lipinski definition) is 3. The van der Waals surface area contributed by atoms with Gasteiger partial charge in [0.15, 0.2) is 0 Å². The fourth-order valence-corrected chi connectivity index (χ4v) is 3.25. The number of amides is 2. The highest BCUT2D eigenvalue weighted by atomic mass is 35.5.